The van der Waals surface area contributed by atoms with E-state index < -0.39 is 6.10 Å². The predicted octanol–water partition coefficient (Wildman–Crippen LogP) is 3.36. The fourth-order valence-corrected chi connectivity index (χ4v) is 3.09. The molecule has 1 heterocycles. The van der Waals surface area contributed by atoms with E-state index >= 15 is 0 Å². The molecule has 0 bridgehead atoms. The van der Waals surface area contributed by atoms with Crippen molar-refractivity contribution in [3.63, 3.8) is 0 Å². The molecule has 1 unspecified atom stereocenters. The van der Waals surface area contributed by atoms with Gasteiger partial charge in [-0.25, -0.2) is 0 Å². The molecule has 0 spiro atoms. The number of ether oxygens (including phenoxy) is 1. The lowest BCUT2D eigenvalue weighted by molar-refractivity contribution is 0.172. The van der Waals surface area contributed by atoms with Gasteiger partial charge in [-0.05, 0) is 29.1 Å². The number of rotatable bonds is 7. The first-order valence-corrected chi connectivity index (χ1v) is 7.97. The standard InChI is InChI=1S/C17H23NO2S/c1-17(2,16-8-5-9-21-16)12-18-11-15(19)13-6-4-7-14(10-13)20-3/h4-10,15,18-19H,11-12H2,1-3H3. The molecule has 2 rings (SSSR count). The van der Waals surface area contributed by atoms with Gasteiger partial charge < -0.3 is 15.2 Å². The second-order valence-corrected chi connectivity index (χ2v) is 6.73. The van der Waals surface area contributed by atoms with Crippen molar-refractivity contribution >= 4 is 11.3 Å². The van der Waals surface area contributed by atoms with Crippen LogP contribution in [0.15, 0.2) is 41.8 Å². The maximum Gasteiger partial charge on any atom is 0.119 e. The van der Waals surface area contributed by atoms with Crippen LogP contribution in [0.2, 0.25) is 0 Å². The first-order valence-electron chi connectivity index (χ1n) is 7.09. The van der Waals surface area contributed by atoms with E-state index in [1.807, 2.05) is 24.3 Å². The predicted molar refractivity (Wildman–Crippen MR) is 88.2 cm³/mol. The highest BCUT2D eigenvalue weighted by molar-refractivity contribution is 7.10. The van der Waals surface area contributed by atoms with Crippen molar-refractivity contribution < 1.29 is 9.84 Å². The fraction of sp³-hybridized carbons (Fsp3) is 0.412. The summed E-state index contributed by atoms with van der Waals surface area (Å²) in [6.07, 6.45) is -0.528. The highest BCUT2D eigenvalue weighted by Gasteiger charge is 2.21. The Hall–Kier alpha value is -1.36. The highest BCUT2D eigenvalue weighted by Crippen LogP contribution is 2.27. The Bertz CT molecular complexity index is 552. The number of methoxy groups -OCH3 is 1. The molecule has 1 atom stereocenters. The number of thiophene rings is 1. The lowest BCUT2D eigenvalue weighted by Crippen LogP contribution is -2.34. The molecule has 0 aliphatic heterocycles. The molecule has 0 radical (unpaired) electrons. The molecule has 0 amide bonds. The Kier molecular flexibility index (Phi) is 5.39. The molecule has 4 heteroatoms. The van der Waals surface area contributed by atoms with Crippen LogP contribution in [0.4, 0.5) is 0 Å². The van der Waals surface area contributed by atoms with Crippen LogP contribution < -0.4 is 10.1 Å². The number of aliphatic hydroxyl groups excluding tert-OH is 1. The second kappa shape index (κ2) is 7.07. The molecule has 1 aromatic heterocycles. The van der Waals surface area contributed by atoms with E-state index in [4.69, 9.17) is 4.74 Å². The summed E-state index contributed by atoms with van der Waals surface area (Å²) in [5, 5.41) is 15.7. The highest BCUT2D eigenvalue weighted by atomic mass is 32.1. The van der Waals surface area contributed by atoms with Gasteiger partial charge in [-0.15, -0.1) is 11.3 Å². The Morgan fingerprint density at radius 1 is 1.29 bits per heavy atom. The monoisotopic (exact) mass is 305 g/mol. The quantitative estimate of drug-likeness (QED) is 0.824. The summed E-state index contributed by atoms with van der Waals surface area (Å²) in [5.41, 5.74) is 0.943. The summed E-state index contributed by atoms with van der Waals surface area (Å²) in [6.45, 7) is 5.78. The Morgan fingerprint density at radius 2 is 2.10 bits per heavy atom. The van der Waals surface area contributed by atoms with Crippen molar-refractivity contribution in [2.45, 2.75) is 25.4 Å². The zero-order valence-corrected chi connectivity index (χ0v) is 13.6. The van der Waals surface area contributed by atoms with Gasteiger partial charge in [-0.1, -0.05) is 32.0 Å². The van der Waals surface area contributed by atoms with E-state index in [2.05, 4.69) is 36.7 Å². The Morgan fingerprint density at radius 3 is 2.76 bits per heavy atom. The van der Waals surface area contributed by atoms with Crippen molar-refractivity contribution in [3.8, 4) is 5.75 Å². The van der Waals surface area contributed by atoms with E-state index in [-0.39, 0.29) is 5.41 Å². The molecular formula is C17H23NO2S. The van der Waals surface area contributed by atoms with Crippen molar-refractivity contribution in [1.82, 2.24) is 5.32 Å². The van der Waals surface area contributed by atoms with E-state index in [1.54, 1.807) is 18.4 Å². The van der Waals surface area contributed by atoms with Crippen molar-refractivity contribution in [2.24, 2.45) is 0 Å². The van der Waals surface area contributed by atoms with Gasteiger partial charge in [0.15, 0.2) is 0 Å². The summed E-state index contributed by atoms with van der Waals surface area (Å²) in [7, 11) is 1.63. The molecule has 0 saturated carbocycles. The molecule has 2 aromatic rings. The lowest BCUT2D eigenvalue weighted by Gasteiger charge is -2.24. The third kappa shape index (κ3) is 4.30. The van der Waals surface area contributed by atoms with Crippen LogP contribution >= 0.6 is 11.3 Å². The molecule has 2 N–H and O–H groups in total. The zero-order chi connectivity index (χ0) is 15.3. The fourth-order valence-electron chi connectivity index (χ4n) is 2.24. The molecule has 0 fully saturated rings. The molecule has 0 aliphatic carbocycles. The van der Waals surface area contributed by atoms with E-state index in [0.717, 1.165) is 17.9 Å². The smallest absolute Gasteiger partial charge is 0.119 e. The van der Waals surface area contributed by atoms with Gasteiger partial charge in [0.05, 0.1) is 13.2 Å². The number of hydrogen-bond acceptors (Lipinski definition) is 4. The van der Waals surface area contributed by atoms with Gasteiger partial charge in [-0.2, -0.15) is 0 Å². The third-order valence-corrected chi connectivity index (χ3v) is 4.81. The maximum atomic E-state index is 10.3. The van der Waals surface area contributed by atoms with Crippen LogP contribution in [-0.2, 0) is 5.41 Å². The third-order valence-electron chi connectivity index (χ3n) is 3.57. The van der Waals surface area contributed by atoms with E-state index in [9.17, 15) is 5.11 Å². The summed E-state index contributed by atoms with van der Waals surface area (Å²) in [4.78, 5) is 1.35. The SMILES string of the molecule is COc1cccc(C(O)CNCC(C)(C)c2cccs2)c1. The average molecular weight is 305 g/mol. The normalized spacial score (nSPS) is 13.1. The molecule has 0 aliphatic rings. The number of nitrogens with one attached hydrogen (secondary N) is 1. The number of hydrogen-bond donors (Lipinski definition) is 2. The molecule has 114 valence electrons. The minimum absolute atomic E-state index is 0.0717. The van der Waals surface area contributed by atoms with Crippen LogP contribution in [-0.4, -0.2) is 25.3 Å². The minimum atomic E-state index is -0.528. The van der Waals surface area contributed by atoms with Gasteiger partial charge in [0.1, 0.15) is 5.75 Å². The Labute approximate surface area is 130 Å². The molecule has 3 nitrogen and oxygen atoms in total. The number of aliphatic hydroxyl groups is 1. The van der Waals surface area contributed by atoms with Crippen LogP contribution in [0.25, 0.3) is 0 Å². The number of benzene rings is 1. The first kappa shape index (κ1) is 16.0. The average Bonchev–Trinajstić information content (AvgIpc) is 3.02. The van der Waals surface area contributed by atoms with Crippen molar-refractivity contribution in [2.75, 3.05) is 20.2 Å². The zero-order valence-electron chi connectivity index (χ0n) is 12.8. The maximum absolute atomic E-state index is 10.3. The van der Waals surface area contributed by atoms with Gasteiger partial charge in [0, 0.05) is 23.4 Å². The van der Waals surface area contributed by atoms with E-state index in [0.29, 0.717) is 6.54 Å². The summed E-state index contributed by atoms with van der Waals surface area (Å²) < 4.78 is 5.18. The van der Waals surface area contributed by atoms with Crippen LogP contribution in [0.5, 0.6) is 5.75 Å². The van der Waals surface area contributed by atoms with Crippen molar-refractivity contribution in [1.29, 1.82) is 0 Å². The van der Waals surface area contributed by atoms with Gasteiger partial charge >= 0.3 is 0 Å². The molecule has 1 aromatic carbocycles. The Balaban J connectivity index is 1.88. The first-order chi connectivity index (χ1) is 10.0. The molecule has 21 heavy (non-hydrogen) atoms. The van der Waals surface area contributed by atoms with Gasteiger partial charge in [0.25, 0.3) is 0 Å². The van der Waals surface area contributed by atoms with Crippen LogP contribution in [0, 0.1) is 0 Å². The lowest BCUT2D eigenvalue weighted by atomic mass is 9.91. The van der Waals surface area contributed by atoms with Gasteiger partial charge in [0.2, 0.25) is 0 Å². The van der Waals surface area contributed by atoms with Gasteiger partial charge in [-0.3, -0.25) is 0 Å². The van der Waals surface area contributed by atoms with Crippen molar-refractivity contribution in [3.05, 3.63) is 52.2 Å². The molecular weight excluding hydrogens is 282 g/mol. The summed E-state index contributed by atoms with van der Waals surface area (Å²) >= 11 is 1.77. The largest absolute Gasteiger partial charge is 0.497 e. The summed E-state index contributed by atoms with van der Waals surface area (Å²) in [6, 6.07) is 11.8. The topological polar surface area (TPSA) is 41.5 Å². The van der Waals surface area contributed by atoms with E-state index in [1.165, 1.54) is 4.88 Å². The van der Waals surface area contributed by atoms with Crippen LogP contribution in [0.1, 0.15) is 30.4 Å². The summed E-state index contributed by atoms with van der Waals surface area (Å²) in [5.74, 6) is 0.769. The molecule has 0 saturated heterocycles. The second-order valence-electron chi connectivity index (χ2n) is 5.78. The minimum Gasteiger partial charge on any atom is -0.497 e. The van der Waals surface area contributed by atoms with Crippen LogP contribution in [0.3, 0.4) is 0 Å².